The number of rotatable bonds is 19. The summed E-state index contributed by atoms with van der Waals surface area (Å²) in [6.45, 7) is -9.21. The fourth-order valence-electron chi connectivity index (χ4n) is 8.17. The molecular weight excluding hydrogens is 1100 g/mol. The van der Waals surface area contributed by atoms with E-state index in [4.69, 9.17) is 44.0 Å². The van der Waals surface area contributed by atoms with Gasteiger partial charge in [-0.3, -0.25) is 55.6 Å². The molecular formula is C32H39N14O23P4S-3. The lowest BCUT2D eigenvalue weighted by atomic mass is 10.1. The molecule has 3 aliphatic heterocycles. The number of nitrogens with one attached hydrogen (secondary N) is 2. The van der Waals surface area contributed by atoms with E-state index in [1.807, 2.05) is 0 Å². The van der Waals surface area contributed by atoms with Gasteiger partial charge < -0.3 is 88.5 Å². The van der Waals surface area contributed by atoms with Crippen LogP contribution in [0.15, 0.2) is 41.1 Å². The Morgan fingerprint density at radius 3 is 2.03 bits per heavy atom. The first-order valence-electron chi connectivity index (χ1n) is 20.9. The monoisotopic (exact) mass is 1140 g/mol. The van der Waals surface area contributed by atoms with Crippen molar-refractivity contribution in [1.82, 2.24) is 53.6 Å². The molecule has 0 aromatic carbocycles. The molecule has 0 radical (unpaired) electrons. The summed E-state index contributed by atoms with van der Waals surface area (Å²) in [4.78, 5) is 106. The molecule has 3 saturated heterocycles. The number of ether oxygens (including phenoxy) is 4. The zero-order valence-corrected chi connectivity index (χ0v) is 41.7. The van der Waals surface area contributed by atoms with Gasteiger partial charge in [-0.25, -0.2) is 24.5 Å². The summed E-state index contributed by atoms with van der Waals surface area (Å²) in [7, 11) is -15.2. The Morgan fingerprint density at radius 2 is 1.34 bits per heavy atom. The first-order chi connectivity index (χ1) is 34.8. The van der Waals surface area contributed by atoms with Crippen LogP contribution in [0.4, 0.5) is 11.9 Å². The molecule has 9 rings (SSSR count). The number of aliphatic hydroxyl groups excluding tert-OH is 4. The molecule has 16 unspecified atom stereocenters. The lowest BCUT2D eigenvalue weighted by Crippen LogP contribution is -2.46. The topological polar surface area (TPSA) is 530 Å². The normalized spacial score (nSPS) is 30.7. The lowest BCUT2D eigenvalue weighted by molar-refractivity contribution is -0.745. The van der Waals surface area contributed by atoms with Crippen molar-refractivity contribution in [2.75, 3.05) is 38.4 Å². The highest BCUT2D eigenvalue weighted by atomic mass is 32.5. The van der Waals surface area contributed by atoms with Crippen LogP contribution >= 0.6 is 30.2 Å². The standard InChI is InChI=1S/C32H42N14O23P4S/c1-43-10-46(25-16(43)27(52)42-32(34)40-25)29-20(50)18(48)13(65-29)5-62-71(55,56)68-73(59,74)69-72(57,58)63-6-14-21(22(60-2)30(66-14)44-8-37-11-3-35-7-36-23(11)44)67-70(53,54)61-4-12-17(47)19(49)28(64-12)45-9-38-15-24(45)39-31(33)41-26(15)51/h3,7-10,12-14,17-22,28-30,47-50H,4-6H2,1-2H3,(H9-,33,34,39,40,41,42,51,52,53,54,55,56,57,58,59,74)/p-3. The van der Waals surface area contributed by atoms with Crippen LogP contribution in [0.1, 0.15) is 18.7 Å². The average molecular weight is 1140 g/mol. The van der Waals surface area contributed by atoms with Crippen molar-refractivity contribution in [2.45, 2.75) is 73.6 Å². The van der Waals surface area contributed by atoms with Gasteiger partial charge in [-0.2, -0.15) is 4.98 Å². The number of anilines is 2. The maximum atomic E-state index is 13.5. The molecule has 0 aliphatic carbocycles. The van der Waals surface area contributed by atoms with Gasteiger partial charge in [0.2, 0.25) is 17.7 Å². The van der Waals surface area contributed by atoms with Crippen molar-refractivity contribution in [2.24, 2.45) is 7.05 Å². The number of imidazole rings is 3. The van der Waals surface area contributed by atoms with E-state index in [2.05, 4.69) is 64.8 Å². The number of phosphoric ester groups is 3. The zero-order valence-electron chi connectivity index (χ0n) is 37.3. The number of H-pyrrole nitrogens is 2. The Kier molecular flexibility index (Phi) is 15.0. The predicted molar refractivity (Wildman–Crippen MR) is 232 cm³/mol. The van der Waals surface area contributed by atoms with Crippen molar-refractivity contribution in [3.8, 4) is 0 Å². The molecule has 9 heterocycles. The number of aryl methyl sites for hydroxylation is 1. The van der Waals surface area contributed by atoms with Crippen LogP contribution in [0.5, 0.6) is 0 Å². The number of aromatic amines is 2. The van der Waals surface area contributed by atoms with E-state index in [1.54, 1.807) is 0 Å². The highest BCUT2D eigenvalue weighted by Crippen LogP contribution is 2.63. The van der Waals surface area contributed by atoms with Crippen molar-refractivity contribution in [3.63, 3.8) is 0 Å². The summed E-state index contributed by atoms with van der Waals surface area (Å²) in [5, 5.41) is 43.1. The number of aromatic nitrogens is 12. The summed E-state index contributed by atoms with van der Waals surface area (Å²) in [5.41, 5.74) is 9.72. The van der Waals surface area contributed by atoms with Crippen molar-refractivity contribution >= 4 is 87.4 Å². The Morgan fingerprint density at radius 1 is 0.757 bits per heavy atom. The number of nitrogens with zero attached hydrogens (tertiary/aromatic N) is 10. The summed E-state index contributed by atoms with van der Waals surface area (Å²) < 4.78 is 95.4. The third kappa shape index (κ3) is 10.9. The van der Waals surface area contributed by atoms with Crippen LogP contribution in [-0.4, -0.2) is 156 Å². The van der Waals surface area contributed by atoms with Gasteiger partial charge in [0.1, 0.15) is 73.5 Å². The van der Waals surface area contributed by atoms with E-state index in [1.165, 1.54) is 35.0 Å². The molecule has 6 aromatic heterocycles. The molecule has 74 heavy (non-hydrogen) atoms. The number of methoxy groups -OCH3 is 1. The summed E-state index contributed by atoms with van der Waals surface area (Å²) in [6, 6.07) is 0. The van der Waals surface area contributed by atoms with Gasteiger partial charge in [-0.05, 0) is 0 Å². The second-order valence-electron chi connectivity index (χ2n) is 16.2. The number of aliphatic hydroxyl groups is 4. The van der Waals surface area contributed by atoms with E-state index in [0.717, 1.165) is 28.9 Å². The van der Waals surface area contributed by atoms with Gasteiger partial charge in [0.15, 0.2) is 35.6 Å². The van der Waals surface area contributed by atoms with Gasteiger partial charge in [-0.1, -0.05) is 16.8 Å². The third-order valence-corrected chi connectivity index (χ3v) is 17.7. The minimum atomic E-state index is -6.09. The molecule has 42 heteroatoms. The van der Waals surface area contributed by atoms with Crippen LogP contribution in [0.25, 0.3) is 33.5 Å². The van der Waals surface area contributed by atoms with Gasteiger partial charge in [0.05, 0.1) is 45.7 Å². The van der Waals surface area contributed by atoms with E-state index in [0.29, 0.717) is 0 Å². The van der Waals surface area contributed by atoms with Crippen LogP contribution in [0, 0.1) is 0 Å². The number of phosphoric acid groups is 3. The molecule has 0 saturated carbocycles. The Hall–Kier alpha value is -4.53. The van der Waals surface area contributed by atoms with E-state index in [9.17, 15) is 63.3 Å². The number of fused-ring (bicyclic) bond motifs is 3. The molecule has 16 atom stereocenters. The molecule has 0 bridgehead atoms. The van der Waals surface area contributed by atoms with Crippen LogP contribution < -0.4 is 46.7 Å². The fourth-order valence-corrected chi connectivity index (χ4v) is 14.0. The number of nitrogens with two attached hydrogens (primary N) is 2. The van der Waals surface area contributed by atoms with Gasteiger partial charge in [0.25, 0.3) is 40.5 Å². The molecule has 10 N–H and O–H groups in total. The highest BCUT2D eigenvalue weighted by molar-refractivity contribution is 8.09. The van der Waals surface area contributed by atoms with E-state index >= 15 is 0 Å². The van der Waals surface area contributed by atoms with Crippen molar-refractivity contribution in [1.29, 1.82) is 0 Å². The zero-order chi connectivity index (χ0) is 53.4. The Balaban J connectivity index is 0.854. The minimum absolute atomic E-state index is 0.0218. The average Bonchev–Trinajstić information content (AvgIpc) is 4.16. The van der Waals surface area contributed by atoms with Gasteiger partial charge in [0, 0.05) is 7.11 Å². The molecule has 3 fully saturated rings. The number of nitrogen functional groups attached to an aromatic ring is 2. The maximum Gasteiger partial charge on any atom is 0.313 e. The summed E-state index contributed by atoms with van der Waals surface area (Å²) in [5.74, 6) is -0.627. The van der Waals surface area contributed by atoms with Crippen molar-refractivity contribution in [3.05, 3.63) is 52.2 Å². The van der Waals surface area contributed by atoms with Gasteiger partial charge in [-0.15, -0.1) is 0 Å². The molecule has 3 aliphatic rings. The molecule has 404 valence electrons. The summed E-state index contributed by atoms with van der Waals surface area (Å²) >= 11 is 4.50. The second-order valence-corrected chi connectivity index (χ2v) is 23.4. The second kappa shape index (κ2) is 20.4. The number of hydrogen-bond donors (Lipinski definition) is 8. The van der Waals surface area contributed by atoms with E-state index < -0.39 is 135 Å². The summed E-state index contributed by atoms with van der Waals surface area (Å²) in [6.07, 6.45) is -14.4. The maximum absolute atomic E-state index is 13.5. The van der Waals surface area contributed by atoms with E-state index in [-0.39, 0.29) is 45.4 Å². The molecule has 37 nitrogen and oxygen atoms in total. The number of hydrogen-bond acceptors (Lipinski definition) is 32. The molecule has 0 spiro atoms. The van der Waals surface area contributed by atoms with Crippen LogP contribution in [0.3, 0.4) is 0 Å². The largest absolute Gasteiger partial charge is 0.779 e. The highest BCUT2D eigenvalue weighted by Gasteiger charge is 2.51. The minimum Gasteiger partial charge on any atom is -0.779 e. The third-order valence-electron chi connectivity index (χ3n) is 11.4. The Labute approximate surface area is 415 Å². The lowest BCUT2D eigenvalue weighted by Gasteiger charge is -2.38. The van der Waals surface area contributed by atoms with Crippen LogP contribution in [-0.2, 0) is 78.2 Å². The van der Waals surface area contributed by atoms with Gasteiger partial charge >= 0.3 is 5.65 Å². The SMILES string of the molecule is COC1C(OP(=O)([O-])OCC2OC(n3cnc4c(=O)[nH]c(N)nc43)C(O)C2O)C(COP(=O)([O-])OP([O-])(=S)OP(=O)([O-])OCC2OC([n+]3cn(C)c4c(=O)[nH]c(N)nc43)C(O)C2O)OC1n1cnc2cncnc21. The molecule has 0 amide bonds. The van der Waals surface area contributed by atoms with Crippen molar-refractivity contribution < 1.29 is 104 Å². The predicted octanol–water partition coefficient (Wildman–Crippen LogP) is -6.70. The molecule has 6 aromatic rings. The first kappa shape index (κ1) is 54.3. The van der Waals surface area contributed by atoms with Crippen LogP contribution in [0.2, 0.25) is 0 Å². The smallest absolute Gasteiger partial charge is 0.313 e. The Bertz CT molecular complexity index is 3420. The first-order valence-corrected chi connectivity index (χ1v) is 27.8. The quantitative estimate of drug-likeness (QED) is 0.0276. The fraction of sp³-hybridized carbons (Fsp3) is 0.531.